The average Bonchev–Trinajstić information content (AvgIpc) is 2.68. The van der Waals surface area contributed by atoms with Crippen LogP contribution in [0.15, 0.2) is 71.6 Å². The van der Waals surface area contributed by atoms with Gasteiger partial charge in [0.2, 0.25) is 0 Å². The lowest BCUT2D eigenvalue weighted by Crippen LogP contribution is -2.20. The largest absolute Gasteiger partial charge is 0.483 e. The van der Waals surface area contributed by atoms with Crippen molar-refractivity contribution >= 4 is 38.9 Å². The fraction of sp³-hybridized carbons (Fsp3) is 0.0952. The third-order valence-electron chi connectivity index (χ3n) is 4.02. The molecule has 0 bridgehead atoms. The van der Waals surface area contributed by atoms with Gasteiger partial charge in [-0.25, -0.2) is 12.8 Å². The van der Waals surface area contributed by atoms with E-state index < -0.39 is 15.8 Å². The van der Waals surface area contributed by atoms with Crippen LogP contribution in [0.25, 0.3) is 0 Å². The molecule has 0 aliphatic rings. The number of amides is 1. The van der Waals surface area contributed by atoms with Crippen molar-refractivity contribution in [3.8, 4) is 5.75 Å². The predicted molar refractivity (Wildman–Crippen MR) is 114 cm³/mol. The fourth-order valence-electron chi connectivity index (χ4n) is 2.59. The van der Waals surface area contributed by atoms with Crippen molar-refractivity contribution in [3.05, 3.63) is 83.1 Å². The summed E-state index contributed by atoms with van der Waals surface area (Å²) in [6, 6.07) is 16.0. The summed E-state index contributed by atoms with van der Waals surface area (Å²) in [6.07, 6.45) is 0. The maximum atomic E-state index is 13.0. The van der Waals surface area contributed by atoms with Gasteiger partial charge in [-0.1, -0.05) is 17.7 Å². The minimum absolute atomic E-state index is 0.0139. The first-order valence-corrected chi connectivity index (χ1v) is 10.7. The second kappa shape index (κ2) is 9.15. The lowest BCUT2D eigenvalue weighted by atomic mass is 10.2. The van der Waals surface area contributed by atoms with E-state index in [4.69, 9.17) is 16.3 Å². The second-order valence-corrected chi connectivity index (χ2v) is 8.51. The van der Waals surface area contributed by atoms with E-state index >= 15 is 0 Å². The third kappa shape index (κ3) is 5.71. The normalized spacial score (nSPS) is 11.0. The number of halogens is 2. The fourth-order valence-corrected chi connectivity index (χ4v) is 3.92. The van der Waals surface area contributed by atoms with Crippen LogP contribution in [0.2, 0.25) is 5.02 Å². The van der Waals surface area contributed by atoms with Crippen molar-refractivity contribution in [1.82, 2.24) is 0 Å². The van der Waals surface area contributed by atoms with Crippen molar-refractivity contribution in [3.63, 3.8) is 0 Å². The number of hydrogen-bond acceptors (Lipinski definition) is 4. The van der Waals surface area contributed by atoms with Crippen LogP contribution in [0.1, 0.15) is 5.56 Å². The second-order valence-electron chi connectivity index (χ2n) is 6.39. The van der Waals surface area contributed by atoms with Crippen LogP contribution in [-0.4, -0.2) is 20.9 Å². The molecule has 156 valence electrons. The van der Waals surface area contributed by atoms with Crippen molar-refractivity contribution in [1.29, 1.82) is 0 Å². The molecule has 0 spiro atoms. The van der Waals surface area contributed by atoms with Gasteiger partial charge in [-0.05, 0) is 73.2 Å². The molecule has 0 fully saturated rings. The van der Waals surface area contributed by atoms with Gasteiger partial charge < -0.3 is 10.1 Å². The van der Waals surface area contributed by atoms with E-state index in [0.29, 0.717) is 22.0 Å². The Kier molecular flexibility index (Phi) is 6.59. The van der Waals surface area contributed by atoms with Gasteiger partial charge in [0.05, 0.1) is 4.90 Å². The Bertz CT molecular complexity index is 1170. The highest BCUT2D eigenvalue weighted by atomic mass is 35.5. The van der Waals surface area contributed by atoms with Crippen molar-refractivity contribution in [2.75, 3.05) is 16.6 Å². The van der Waals surface area contributed by atoms with Crippen LogP contribution in [0.5, 0.6) is 5.75 Å². The Hall–Kier alpha value is -3.10. The van der Waals surface area contributed by atoms with Gasteiger partial charge in [-0.3, -0.25) is 9.52 Å². The smallest absolute Gasteiger partial charge is 0.262 e. The maximum Gasteiger partial charge on any atom is 0.262 e. The maximum absolute atomic E-state index is 13.0. The molecule has 0 saturated heterocycles. The molecular weight excluding hydrogens is 431 g/mol. The van der Waals surface area contributed by atoms with Crippen LogP contribution in [0.3, 0.4) is 0 Å². The van der Waals surface area contributed by atoms with Crippen molar-refractivity contribution < 1.29 is 22.3 Å². The van der Waals surface area contributed by atoms with Crippen molar-refractivity contribution in [2.24, 2.45) is 0 Å². The van der Waals surface area contributed by atoms with E-state index in [1.165, 1.54) is 30.3 Å². The molecule has 0 aromatic heterocycles. The van der Waals surface area contributed by atoms with E-state index in [1.807, 2.05) is 0 Å². The standard InChI is InChI=1S/C21H18ClFN2O4S/c1-14-11-19(30(27,28)25-17-7-5-16(23)6-8-17)9-10-20(14)29-13-21(26)24-18-4-2-3-15(22)12-18/h2-12,25H,13H2,1H3,(H,24,26). The number of nitrogens with one attached hydrogen (secondary N) is 2. The molecule has 30 heavy (non-hydrogen) atoms. The lowest BCUT2D eigenvalue weighted by Gasteiger charge is -2.12. The van der Waals surface area contributed by atoms with Gasteiger partial charge in [0, 0.05) is 16.4 Å². The quantitative estimate of drug-likeness (QED) is 0.553. The summed E-state index contributed by atoms with van der Waals surface area (Å²) >= 11 is 5.88. The molecule has 6 nitrogen and oxygen atoms in total. The summed E-state index contributed by atoms with van der Waals surface area (Å²) in [5, 5.41) is 3.15. The number of anilines is 2. The number of aryl methyl sites for hydroxylation is 1. The van der Waals surface area contributed by atoms with E-state index in [9.17, 15) is 17.6 Å². The Morgan fingerprint density at radius 2 is 1.77 bits per heavy atom. The molecular formula is C21H18ClFN2O4S. The zero-order valence-corrected chi connectivity index (χ0v) is 17.4. The summed E-state index contributed by atoms with van der Waals surface area (Å²) < 4.78 is 45.9. The number of hydrogen-bond donors (Lipinski definition) is 2. The SMILES string of the molecule is Cc1cc(S(=O)(=O)Nc2ccc(F)cc2)ccc1OCC(=O)Nc1cccc(Cl)c1. The van der Waals surface area contributed by atoms with E-state index in [2.05, 4.69) is 10.0 Å². The molecule has 0 radical (unpaired) electrons. The van der Waals surface area contributed by atoms with Gasteiger partial charge in [-0.15, -0.1) is 0 Å². The summed E-state index contributed by atoms with van der Waals surface area (Å²) in [6.45, 7) is 1.41. The number of carbonyl (C=O) groups excluding carboxylic acids is 1. The molecule has 0 aliphatic heterocycles. The average molecular weight is 449 g/mol. The molecule has 0 aliphatic carbocycles. The molecule has 3 rings (SSSR count). The van der Waals surface area contributed by atoms with Gasteiger partial charge in [0.25, 0.3) is 15.9 Å². The Morgan fingerprint density at radius 1 is 1.03 bits per heavy atom. The lowest BCUT2D eigenvalue weighted by molar-refractivity contribution is -0.118. The molecule has 3 aromatic rings. The molecule has 2 N–H and O–H groups in total. The zero-order chi connectivity index (χ0) is 21.7. The van der Waals surface area contributed by atoms with Crippen LogP contribution in [0, 0.1) is 12.7 Å². The molecule has 0 unspecified atom stereocenters. The van der Waals surface area contributed by atoms with Crippen LogP contribution in [0.4, 0.5) is 15.8 Å². The van der Waals surface area contributed by atoms with Gasteiger partial charge in [0.15, 0.2) is 6.61 Å². The molecule has 9 heteroatoms. The van der Waals surface area contributed by atoms with Gasteiger partial charge in [0.1, 0.15) is 11.6 Å². The minimum atomic E-state index is -3.86. The van der Waals surface area contributed by atoms with E-state index in [0.717, 1.165) is 12.1 Å². The summed E-state index contributed by atoms with van der Waals surface area (Å²) in [7, 11) is -3.86. The number of ether oxygens (including phenoxy) is 1. The zero-order valence-electron chi connectivity index (χ0n) is 15.9. The molecule has 1 amide bonds. The molecule has 0 heterocycles. The number of benzene rings is 3. The van der Waals surface area contributed by atoms with Crippen LogP contribution >= 0.6 is 11.6 Å². The molecule has 3 aromatic carbocycles. The van der Waals surface area contributed by atoms with E-state index in [-0.39, 0.29) is 23.1 Å². The van der Waals surface area contributed by atoms with Gasteiger partial charge in [-0.2, -0.15) is 0 Å². The van der Waals surface area contributed by atoms with Crippen molar-refractivity contribution in [2.45, 2.75) is 11.8 Å². The topological polar surface area (TPSA) is 84.5 Å². The number of carbonyl (C=O) groups is 1. The highest BCUT2D eigenvalue weighted by molar-refractivity contribution is 7.92. The highest BCUT2D eigenvalue weighted by Gasteiger charge is 2.16. The minimum Gasteiger partial charge on any atom is -0.483 e. The predicted octanol–water partition coefficient (Wildman–Crippen LogP) is 4.61. The first kappa shape index (κ1) is 21.6. The number of rotatable bonds is 7. The number of sulfonamides is 1. The molecule has 0 atom stereocenters. The first-order valence-electron chi connectivity index (χ1n) is 8.80. The third-order valence-corrected chi connectivity index (χ3v) is 5.63. The molecule has 0 saturated carbocycles. The van der Waals surface area contributed by atoms with E-state index in [1.54, 1.807) is 31.2 Å². The Balaban J connectivity index is 1.64. The highest BCUT2D eigenvalue weighted by Crippen LogP contribution is 2.24. The van der Waals surface area contributed by atoms with Gasteiger partial charge >= 0.3 is 0 Å². The van der Waals surface area contributed by atoms with Crippen LogP contribution < -0.4 is 14.8 Å². The summed E-state index contributed by atoms with van der Waals surface area (Å²) in [5.41, 5.74) is 1.32. The Morgan fingerprint density at radius 3 is 2.43 bits per heavy atom. The monoisotopic (exact) mass is 448 g/mol. The Labute approximate surface area is 178 Å². The summed E-state index contributed by atoms with van der Waals surface area (Å²) in [4.78, 5) is 12.1. The van der Waals surface area contributed by atoms with Crippen LogP contribution in [-0.2, 0) is 14.8 Å². The summed E-state index contributed by atoms with van der Waals surface area (Å²) in [5.74, 6) is -0.474. The first-order chi connectivity index (χ1) is 14.2.